The van der Waals surface area contributed by atoms with Gasteiger partial charge in [-0.15, -0.1) is 0 Å². The highest BCUT2D eigenvalue weighted by molar-refractivity contribution is 7.89. The van der Waals surface area contributed by atoms with Crippen LogP contribution >= 0.6 is 0 Å². The first-order chi connectivity index (χ1) is 9.49. The first-order valence-corrected chi connectivity index (χ1v) is 7.95. The third-order valence-electron chi connectivity index (χ3n) is 2.82. The summed E-state index contributed by atoms with van der Waals surface area (Å²) < 4.78 is 26.7. The number of sulfonamides is 1. The first kappa shape index (κ1) is 16.7. The maximum absolute atomic E-state index is 12.0. The molecular formula is C14H21N3O2S. The Hall–Kier alpha value is -1.39. The van der Waals surface area contributed by atoms with Crippen molar-refractivity contribution in [1.82, 2.24) is 9.62 Å². The van der Waals surface area contributed by atoms with Crippen LogP contribution in [0.1, 0.15) is 12.5 Å². The molecule has 0 aromatic heterocycles. The topological polar surface area (TPSA) is 75.4 Å². The Kier molecular flexibility index (Phi) is 6.68. The molecule has 0 bridgehead atoms. The molecule has 0 radical (unpaired) electrons. The Morgan fingerprint density at radius 2 is 1.95 bits per heavy atom. The van der Waals surface area contributed by atoms with Crippen LogP contribution in [-0.4, -0.2) is 46.5 Å². The van der Waals surface area contributed by atoms with E-state index in [4.69, 9.17) is 5.73 Å². The van der Waals surface area contributed by atoms with E-state index in [1.54, 1.807) is 24.3 Å². The minimum Gasteiger partial charge on any atom is -0.320 e. The molecular weight excluding hydrogens is 274 g/mol. The largest absolute Gasteiger partial charge is 0.320 e. The third-order valence-corrected chi connectivity index (χ3v) is 4.30. The maximum Gasteiger partial charge on any atom is 0.240 e. The second-order valence-electron chi connectivity index (χ2n) is 4.32. The van der Waals surface area contributed by atoms with E-state index in [-0.39, 0.29) is 11.4 Å². The molecule has 0 aliphatic carbocycles. The van der Waals surface area contributed by atoms with E-state index in [2.05, 4.69) is 16.6 Å². The summed E-state index contributed by atoms with van der Waals surface area (Å²) in [5.74, 6) is 5.57. The van der Waals surface area contributed by atoms with Gasteiger partial charge in [0.05, 0.1) is 11.4 Å². The molecule has 6 heteroatoms. The Bertz CT molecular complexity index is 571. The van der Waals surface area contributed by atoms with E-state index in [1.165, 1.54) is 0 Å². The molecule has 1 aromatic carbocycles. The van der Waals surface area contributed by atoms with Crippen molar-refractivity contribution in [3.63, 3.8) is 0 Å². The first-order valence-electron chi connectivity index (χ1n) is 6.47. The number of benzene rings is 1. The summed E-state index contributed by atoms with van der Waals surface area (Å²) in [6.07, 6.45) is 0. The number of nitrogens with zero attached hydrogens (tertiary/aromatic N) is 1. The third kappa shape index (κ3) is 5.31. The van der Waals surface area contributed by atoms with Crippen LogP contribution < -0.4 is 10.5 Å². The lowest BCUT2D eigenvalue weighted by Crippen LogP contribution is -2.32. The molecule has 110 valence electrons. The SMILES string of the molecule is CCN(C)CCNS(=O)(=O)c1ccc(C#CCN)cc1. The van der Waals surface area contributed by atoms with Crippen LogP contribution in [0.2, 0.25) is 0 Å². The van der Waals surface area contributed by atoms with Crippen LogP contribution in [-0.2, 0) is 10.0 Å². The zero-order valence-corrected chi connectivity index (χ0v) is 12.7. The van der Waals surface area contributed by atoms with Crippen molar-refractivity contribution in [3.8, 4) is 11.8 Å². The molecule has 0 saturated heterocycles. The van der Waals surface area contributed by atoms with Crippen LogP contribution in [0.25, 0.3) is 0 Å². The molecule has 20 heavy (non-hydrogen) atoms. The zero-order valence-electron chi connectivity index (χ0n) is 11.9. The molecule has 0 fully saturated rings. The predicted molar refractivity (Wildman–Crippen MR) is 80.7 cm³/mol. The minimum atomic E-state index is -3.45. The summed E-state index contributed by atoms with van der Waals surface area (Å²) in [5, 5.41) is 0. The van der Waals surface area contributed by atoms with Gasteiger partial charge in [-0.05, 0) is 37.9 Å². The summed E-state index contributed by atoms with van der Waals surface area (Å²) >= 11 is 0. The second-order valence-corrected chi connectivity index (χ2v) is 6.09. The van der Waals surface area contributed by atoms with Crippen LogP contribution in [0.5, 0.6) is 0 Å². The van der Waals surface area contributed by atoms with Crippen molar-refractivity contribution in [2.24, 2.45) is 5.73 Å². The van der Waals surface area contributed by atoms with Crippen LogP contribution in [0.15, 0.2) is 29.2 Å². The molecule has 0 amide bonds. The van der Waals surface area contributed by atoms with Gasteiger partial charge in [-0.25, -0.2) is 13.1 Å². The molecule has 1 rings (SSSR count). The van der Waals surface area contributed by atoms with Gasteiger partial charge in [-0.2, -0.15) is 0 Å². The fourth-order valence-corrected chi connectivity index (χ4v) is 2.50. The summed E-state index contributed by atoms with van der Waals surface area (Å²) in [5.41, 5.74) is 6.03. The average molecular weight is 295 g/mol. The van der Waals surface area contributed by atoms with E-state index < -0.39 is 10.0 Å². The van der Waals surface area contributed by atoms with Crippen molar-refractivity contribution in [2.45, 2.75) is 11.8 Å². The summed E-state index contributed by atoms with van der Waals surface area (Å²) in [7, 11) is -1.51. The van der Waals surface area contributed by atoms with E-state index in [1.807, 2.05) is 18.9 Å². The summed E-state index contributed by atoms with van der Waals surface area (Å²) in [6, 6.07) is 6.45. The van der Waals surface area contributed by atoms with Crippen molar-refractivity contribution in [2.75, 3.05) is 33.2 Å². The Balaban J connectivity index is 2.68. The molecule has 0 aliphatic rings. The standard InChI is InChI=1S/C14H21N3O2S/c1-3-17(2)12-11-16-20(18,19)14-8-6-13(7-9-14)5-4-10-15/h6-9,16H,3,10-12,15H2,1-2H3. The summed E-state index contributed by atoms with van der Waals surface area (Å²) in [6.45, 7) is 4.26. The smallest absolute Gasteiger partial charge is 0.240 e. The fraction of sp³-hybridized carbons (Fsp3) is 0.429. The monoisotopic (exact) mass is 295 g/mol. The molecule has 0 saturated carbocycles. The quantitative estimate of drug-likeness (QED) is 0.737. The molecule has 0 atom stereocenters. The molecule has 0 heterocycles. The van der Waals surface area contributed by atoms with Gasteiger partial charge in [0.15, 0.2) is 0 Å². The van der Waals surface area contributed by atoms with Crippen molar-refractivity contribution >= 4 is 10.0 Å². The van der Waals surface area contributed by atoms with Gasteiger partial charge in [0.1, 0.15) is 0 Å². The number of hydrogen-bond acceptors (Lipinski definition) is 4. The van der Waals surface area contributed by atoms with Gasteiger partial charge in [0.25, 0.3) is 0 Å². The van der Waals surface area contributed by atoms with Gasteiger partial charge >= 0.3 is 0 Å². The Morgan fingerprint density at radius 3 is 2.50 bits per heavy atom. The molecule has 3 N–H and O–H groups in total. The molecule has 0 aliphatic heterocycles. The highest BCUT2D eigenvalue weighted by atomic mass is 32.2. The van der Waals surface area contributed by atoms with Crippen LogP contribution in [0, 0.1) is 11.8 Å². The normalized spacial score (nSPS) is 11.2. The molecule has 0 unspecified atom stereocenters. The highest BCUT2D eigenvalue weighted by Gasteiger charge is 2.12. The zero-order chi connectivity index (χ0) is 15.0. The van der Waals surface area contributed by atoms with E-state index in [0.717, 1.165) is 12.1 Å². The minimum absolute atomic E-state index is 0.245. The number of hydrogen-bond donors (Lipinski definition) is 2. The van der Waals surface area contributed by atoms with Gasteiger partial charge in [-0.3, -0.25) is 0 Å². The maximum atomic E-state index is 12.0. The number of nitrogens with two attached hydrogens (primary N) is 1. The molecule has 5 nitrogen and oxygen atoms in total. The van der Waals surface area contributed by atoms with E-state index >= 15 is 0 Å². The van der Waals surface area contributed by atoms with Gasteiger partial charge < -0.3 is 10.6 Å². The fourth-order valence-electron chi connectivity index (χ4n) is 1.48. The highest BCUT2D eigenvalue weighted by Crippen LogP contribution is 2.09. The lowest BCUT2D eigenvalue weighted by atomic mass is 10.2. The molecule has 0 spiro atoms. The van der Waals surface area contributed by atoms with Crippen molar-refractivity contribution in [1.29, 1.82) is 0 Å². The lowest BCUT2D eigenvalue weighted by Gasteiger charge is -2.14. The number of likely N-dealkylation sites (N-methyl/N-ethyl adjacent to an activating group) is 1. The van der Waals surface area contributed by atoms with Crippen molar-refractivity contribution in [3.05, 3.63) is 29.8 Å². The van der Waals surface area contributed by atoms with Gasteiger partial charge in [0, 0.05) is 18.7 Å². The van der Waals surface area contributed by atoms with E-state index in [9.17, 15) is 8.42 Å². The second kappa shape index (κ2) is 8.02. The molecule has 1 aromatic rings. The summed E-state index contributed by atoms with van der Waals surface area (Å²) in [4.78, 5) is 2.28. The van der Waals surface area contributed by atoms with Crippen LogP contribution in [0.4, 0.5) is 0 Å². The number of nitrogens with one attached hydrogen (secondary N) is 1. The lowest BCUT2D eigenvalue weighted by molar-refractivity contribution is 0.358. The van der Waals surface area contributed by atoms with Crippen LogP contribution in [0.3, 0.4) is 0 Å². The Labute approximate surface area is 121 Å². The average Bonchev–Trinajstić information content (AvgIpc) is 2.45. The Morgan fingerprint density at radius 1 is 1.30 bits per heavy atom. The van der Waals surface area contributed by atoms with Crippen molar-refractivity contribution < 1.29 is 8.42 Å². The van der Waals surface area contributed by atoms with E-state index in [0.29, 0.717) is 13.1 Å². The predicted octanol–water partition coefficient (Wildman–Crippen LogP) is 0.227. The van der Waals surface area contributed by atoms with Gasteiger partial charge in [-0.1, -0.05) is 18.8 Å². The van der Waals surface area contributed by atoms with Gasteiger partial charge in [0.2, 0.25) is 10.0 Å². The number of rotatable bonds is 6.